The zero-order valence-electron chi connectivity index (χ0n) is 25.1. The zero-order valence-corrected chi connectivity index (χ0v) is 27.2. The predicted octanol–water partition coefficient (Wildman–Crippen LogP) is 10.0. The molecule has 216 valence electrons. The van der Waals surface area contributed by atoms with Crippen LogP contribution in [0.15, 0.2) is 60.3 Å². The van der Waals surface area contributed by atoms with Crippen molar-refractivity contribution in [3.8, 4) is 0 Å². The minimum absolute atomic E-state index is 0.157. The highest BCUT2D eigenvalue weighted by Crippen LogP contribution is 2.49. The normalized spacial score (nSPS) is 19.1. The fraction of sp³-hybridized carbons (Fsp3) is 0.500. The molecule has 2 aliphatic rings. The highest BCUT2D eigenvalue weighted by Gasteiger charge is 2.45. The topological polar surface area (TPSA) is 6.25 Å². The van der Waals surface area contributed by atoms with Crippen LogP contribution in [-0.4, -0.2) is 23.4 Å². The number of nitrogens with zero attached hydrogens (tertiary/aromatic N) is 2. The van der Waals surface area contributed by atoms with Crippen molar-refractivity contribution in [2.75, 3.05) is 18.0 Å². The van der Waals surface area contributed by atoms with Crippen LogP contribution in [0, 0.1) is 15.4 Å². The largest absolute Gasteiger partial charge is 0.416 e. The summed E-state index contributed by atoms with van der Waals surface area (Å²) in [5.41, 5.74) is 5.22. The third-order valence-corrected chi connectivity index (χ3v) is 9.11. The summed E-state index contributed by atoms with van der Waals surface area (Å²) in [5.74, 6) is 1.08. The summed E-state index contributed by atoms with van der Waals surface area (Å²) in [6.45, 7) is 19.2. The quantitative estimate of drug-likeness (QED) is 0.201. The van der Waals surface area contributed by atoms with Crippen molar-refractivity contribution in [1.82, 2.24) is 0 Å². The van der Waals surface area contributed by atoms with E-state index in [1.165, 1.54) is 32.7 Å². The van der Waals surface area contributed by atoms with Crippen LogP contribution in [0.3, 0.4) is 0 Å². The SMILES string of the molecule is CC(C)CCN1/C(=C/C=C/C2=[N+](CCC(C)C)c3ccc(I)cc3C2(C)C)C(C)(C)c2cc(C(F)(F)F)ccc21. The lowest BCUT2D eigenvalue weighted by atomic mass is 9.81. The molecule has 40 heavy (non-hydrogen) atoms. The molecule has 0 fully saturated rings. The fourth-order valence-corrected chi connectivity index (χ4v) is 6.48. The van der Waals surface area contributed by atoms with E-state index in [1.807, 2.05) is 13.8 Å². The van der Waals surface area contributed by atoms with Gasteiger partial charge in [0.1, 0.15) is 6.54 Å². The number of alkyl halides is 3. The van der Waals surface area contributed by atoms with E-state index in [2.05, 4.69) is 110 Å². The molecule has 2 nitrogen and oxygen atoms in total. The Morgan fingerprint density at radius 3 is 2.20 bits per heavy atom. The monoisotopic (exact) mass is 663 g/mol. The Hall–Kier alpha value is -2.09. The van der Waals surface area contributed by atoms with Gasteiger partial charge in [-0.2, -0.15) is 17.7 Å². The average molecular weight is 664 g/mol. The maximum atomic E-state index is 13.6. The van der Waals surface area contributed by atoms with Crippen molar-refractivity contribution in [1.29, 1.82) is 0 Å². The molecule has 0 N–H and O–H groups in total. The number of hydrogen-bond donors (Lipinski definition) is 0. The van der Waals surface area contributed by atoms with Gasteiger partial charge in [-0.3, -0.25) is 0 Å². The Bertz CT molecular complexity index is 1360. The third kappa shape index (κ3) is 5.93. The lowest BCUT2D eigenvalue weighted by Crippen LogP contribution is -2.29. The Morgan fingerprint density at radius 1 is 0.900 bits per heavy atom. The standard InChI is InChI=1S/C34H43F3IN2/c1-22(2)16-18-39-28-14-12-24(34(35,36)37)20-26(28)32(5,6)30(39)10-9-11-31-33(7,8)27-21-25(38)13-15-29(27)40(31)19-17-23(3)4/h9-15,20-23H,16-19H2,1-8H3/q+1. The fourth-order valence-electron chi connectivity index (χ4n) is 5.99. The van der Waals surface area contributed by atoms with Crippen LogP contribution in [0.2, 0.25) is 0 Å². The van der Waals surface area contributed by atoms with Gasteiger partial charge in [-0.1, -0.05) is 47.6 Å². The highest BCUT2D eigenvalue weighted by atomic mass is 127. The first-order chi connectivity index (χ1) is 18.5. The Kier molecular flexibility index (Phi) is 8.72. The van der Waals surface area contributed by atoms with E-state index in [9.17, 15) is 13.2 Å². The third-order valence-electron chi connectivity index (χ3n) is 8.44. The van der Waals surface area contributed by atoms with Crippen LogP contribution in [0.1, 0.15) is 84.9 Å². The van der Waals surface area contributed by atoms with Crippen molar-refractivity contribution in [3.05, 3.63) is 80.6 Å². The summed E-state index contributed by atoms with van der Waals surface area (Å²) in [6, 6.07) is 10.9. The van der Waals surface area contributed by atoms with Gasteiger partial charge in [0.25, 0.3) is 0 Å². The van der Waals surface area contributed by atoms with Crippen molar-refractivity contribution < 1.29 is 17.7 Å². The molecule has 0 spiro atoms. The molecule has 0 unspecified atom stereocenters. The molecule has 2 aromatic carbocycles. The van der Waals surface area contributed by atoms with E-state index < -0.39 is 17.2 Å². The molecule has 0 saturated carbocycles. The molecule has 0 aromatic heterocycles. The van der Waals surface area contributed by atoms with Crippen LogP contribution in [-0.2, 0) is 17.0 Å². The van der Waals surface area contributed by atoms with Gasteiger partial charge in [-0.25, -0.2) is 0 Å². The van der Waals surface area contributed by atoms with Gasteiger partial charge in [0.15, 0.2) is 5.71 Å². The summed E-state index contributed by atoms with van der Waals surface area (Å²) < 4.78 is 44.6. The number of rotatable bonds is 8. The molecule has 2 aromatic rings. The summed E-state index contributed by atoms with van der Waals surface area (Å²) in [7, 11) is 0. The van der Waals surface area contributed by atoms with E-state index in [4.69, 9.17) is 0 Å². The number of benzene rings is 2. The maximum absolute atomic E-state index is 13.6. The van der Waals surface area contributed by atoms with Crippen LogP contribution in [0.5, 0.6) is 0 Å². The van der Waals surface area contributed by atoms with Crippen molar-refractivity contribution in [2.24, 2.45) is 11.8 Å². The average Bonchev–Trinajstić information content (AvgIpc) is 3.19. The second-order valence-electron chi connectivity index (χ2n) is 13.1. The second kappa shape index (κ2) is 11.3. The Labute approximate surface area is 252 Å². The smallest absolute Gasteiger partial charge is 0.344 e. The van der Waals surface area contributed by atoms with Gasteiger partial charge in [0.2, 0.25) is 5.69 Å². The lowest BCUT2D eigenvalue weighted by molar-refractivity contribution is -0.439. The molecule has 4 rings (SSSR count). The summed E-state index contributed by atoms with van der Waals surface area (Å²) in [4.78, 5) is 2.23. The highest BCUT2D eigenvalue weighted by molar-refractivity contribution is 14.1. The van der Waals surface area contributed by atoms with Crippen LogP contribution in [0.4, 0.5) is 24.5 Å². The minimum atomic E-state index is -4.36. The van der Waals surface area contributed by atoms with Gasteiger partial charge in [-0.05, 0) is 96.7 Å². The summed E-state index contributed by atoms with van der Waals surface area (Å²) in [6.07, 6.45) is 4.15. The van der Waals surface area contributed by atoms with Crippen molar-refractivity contribution in [3.63, 3.8) is 0 Å². The molecular weight excluding hydrogens is 620 g/mol. The van der Waals surface area contributed by atoms with E-state index in [0.717, 1.165) is 42.9 Å². The molecule has 2 aliphatic heterocycles. The molecule has 0 saturated heterocycles. The zero-order chi connectivity index (χ0) is 29.6. The van der Waals surface area contributed by atoms with Gasteiger partial charge < -0.3 is 4.90 Å². The first kappa shape index (κ1) is 30.9. The molecule has 0 amide bonds. The Balaban J connectivity index is 1.78. The number of hydrogen-bond acceptors (Lipinski definition) is 1. The number of allylic oxidation sites excluding steroid dienone is 4. The van der Waals surface area contributed by atoms with Crippen molar-refractivity contribution in [2.45, 2.75) is 85.2 Å². The minimum Gasteiger partial charge on any atom is -0.344 e. The number of halogens is 4. The first-order valence-corrected chi connectivity index (χ1v) is 15.5. The van der Waals surface area contributed by atoms with Gasteiger partial charge >= 0.3 is 6.18 Å². The van der Waals surface area contributed by atoms with Gasteiger partial charge in [0, 0.05) is 51.0 Å². The molecular formula is C34H43F3IN2+. The molecule has 6 heteroatoms. The lowest BCUT2D eigenvalue weighted by Gasteiger charge is -2.27. The molecule has 0 atom stereocenters. The first-order valence-electron chi connectivity index (χ1n) is 14.4. The molecule has 2 heterocycles. The van der Waals surface area contributed by atoms with E-state index >= 15 is 0 Å². The molecule has 0 radical (unpaired) electrons. The van der Waals surface area contributed by atoms with E-state index in [1.54, 1.807) is 6.07 Å². The maximum Gasteiger partial charge on any atom is 0.416 e. The van der Waals surface area contributed by atoms with Crippen molar-refractivity contribution >= 4 is 39.7 Å². The van der Waals surface area contributed by atoms with E-state index in [-0.39, 0.29) is 5.41 Å². The number of fused-ring (bicyclic) bond motifs is 2. The molecule has 0 aliphatic carbocycles. The van der Waals surface area contributed by atoms with E-state index in [0.29, 0.717) is 11.8 Å². The Morgan fingerprint density at radius 2 is 1.57 bits per heavy atom. The predicted molar refractivity (Wildman–Crippen MR) is 170 cm³/mol. The van der Waals surface area contributed by atoms with Gasteiger partial charge in [-0.15, -0.1) is 0 Å². The second-order valence-corrected chi connectivity index (χ2v) is 14.4. The summed E-state index contributed by atoms with van der Waals surface area (Å²) in [5, 5.41) is 0. The number of anilines is 1. The van der Waals surface area contributed by atoms with Crippen LogP contribution in [0.25, 0.3) is 0 Å². The van der Waals surface area contributed by atoms with Crippen LogP contribution >= 0.6 is 22.6 Å². The summed E-state index contributed by atoms with van der Waals surface area (Å²) >= 11 is 2.38. The molecule has 0 bridgehead atoms. The van der Waals surface area contributed by atoms with Gasteiger partial charge in [0.05, 0.1) is 11.0 Å². The van der Waals surface area contributed by atoms with Crippen LogP contribution < -0.4 is 4.90 Å².